The molecule has 0 saturated carbocycles. The molecule has 0 bridgehead atoms. The van der Waals surface area contributed by atoms with Crippen LogP contribution in [-0.2, 0) is 7.05 Å². The molecule has 1 N–H and O–H groups in total. The number of rotatable bonds is 4. The summed E-state index contributed by atoms with van der Waals surface area (Å²) < 4.78 is 7.07. The first-order valence-corrected chi connectivity index (χ1v) is 5.87. The molecule has 0 aliphatic carbocycles. The molecule has 0 aromatic carbocycles. The fourth-order valence-electron chi connectivity index (χ4n) is 1.77. The van der Waals surface area contributed by atoms with Gasteiger partial charge in [0.25, 0.3) is 5.69 Å². The van der Waals surface area contributed by atoms with E-state index in [1.165, 1.54) is 0 Å². The predicted octanol–water partition coefficient (Wildman–Crippen LogP) is 1.83. The number of nitrogens with zero attached hydrogens (tertiary/aromatic N) is 4. The Morgan fingerprint density at radius 3 is 2.62 bits per heavy atom. The molecule has 0 fully saturated rings. The minimum Gasteiger partial charge on any atom is -0.477 e. The number of aryl methyl sites for hydroxylation is 2. The van der Waals surface area contributed by atoms with Gasteiger partial charge in [-0.05, 0) is 13.8 Å². The molecule has 0 saturated heterocycles. The zero-order chi connectivity index (χ0) is 15.7. The third kappa shape index (κ3) is 2.66. The lowest BCUT2D eigenvalue weighted by Crippen LogP contribution is -2.04. The van der Waals surface area contributed by atoms with Crippen molar-refractivity contribution in [3.05, 3.63) is 39.3 Å². The van der Waals surface area contributed by atoms with Crippen LogP contribution in [0.3, 0.4) is 0 Å². The number of carboxylic acid groups (broad SMARTS) is 1. The van der Waals surface area contributed by atoms with E-state index in [0.29, 0.717) is 17.1 Å². The summed E-state index contributed by atoms with van der Waals surface area (Å²) in [5.74, 6) is -1.20. The average Bonchev–Trinajstić information content (AvgIpc) is 2.65. The first-order chi connectivity index (χ1) is 9.81. The summed E-state index contributed by atoms with van der Waals surface area (Å²) in [6, 6.07) is 0.908. The number of ether oxygens (including phenoxy) is 1. The van der Waals surface area contributed by atoms with E-state index >= 15 is 0 Å². The van der Waals surface area contributed by atoms with Crippen LogP contribution in [0.4, 0.5) is 5.69 Å². The molecule has 2 heterocycles. The summed E-state index contributed by atoms with van der Waals surface area (Å²) >= 11 is 0. The standard InChI is InChI=1S/C12H12N4O5/c1-6-10(7(2)15(3)14-6)21-11-9(12(17)18)4-8(5-13-11)16(19)20/h4-5H,1-3H3,(H,17,18). The first kappa shape index (κ1) is 14.4. The first-order valence-electron chi connectivity index (χ1n) is 5.87. The number of hydrogen-bond acceptors (Lipinski definition) is 6. The quantitative estimate of drug-likeness (QED) is 0.674. The molecule has 0 radical (unpaired) electrons. The van der Waals surface area contributed by atoms with E-state index < -0.39 is 16.6 Å². The van der Waals surface area contributed by atoms with Crippen molar-refractivity contribution in [2.75, 3.05) is 0 Å². The van der Waals surface area contributed by atoms with Crippen LogP contribution in [-0.4, -0.2) is 30.8 Å². The van der Waals surface area contributed by atoms with Gasteiger partial charge in [0.05, 0.1) is 10.6 Å². The van der Waals surface area contributed by atoms with E-state index in [1.54, 1.807) is 25.6 Å². The fraction of sp³-hybridized carbons (Fsp3) is 0.250. The smallest absolute Gasteiger partial charge is 0.341 e. The van der Waals surface area contributed by atoms with Crippen LogP contribution in [0.25, 0.3) is 0 Å². The van der Waals surface area contributed by atoms with Crippen LogP contribution < -0.4 is 4.74 Å². The molecule has 2 aromatic rings. The van der Waals surface area contributed by atoms with Gasteiger partial charge in [-0.1, -0.05) is 0 Å². The number of hydrogen-bond donors (Lipinski definition) is 1. The van der Waals surface area contributed by atoms with E-state index in [4.69, 9.17) is 9.84 Å². The lowest BCUT2D eigenvalue weighted by molar-refractivity contribution is -0.385. The monoisotopic (exact) mass is 292 g/mol. The van der Waals surface area contributed by atoms with Gasteiger partial charge < -0.3 is 9.84 Å². The molecule has 9 heteroatoms. The van der Waals surface area contributed by atoms with Gasteiger partial charge >= 0.3 is 5.97 Å². The Morgan fingerprint density at radius 2 is 2.14 bits per heavy atom. The van der Waals surface area contributed by atoms with Crippen LogP contribution in [0.2, 0.25) is 0 Å². The minimum atomic E-state index is -1.36. The van der Waals surface area contributed by atoms with Crippen molar-refractivity contribution in [1.82, 2.24) is 14.8 Å². The molecule has 0 aliphatic rings. The molecule has 0 aliphatic heterocycles. The predicted molar refractivity (Wildman–Crippen MR) is 70.6 cm³/mol. The Hall–Kier alpha value is -2.97. The summed E-state index contributed by atoms with van der Waals surface area (Å²) in [6.45, 7) is 3.45. The van der Waals surface area contributed by atoms with Gasteiger partial charge in [-0.25, -0.2) is 9.78 Å². The van der Waals surface area contributed by atoms with Crippen LogP contribution in [0.1, 0.15) is 21.7 Å². The van der Waals surface area contributed by atoms with Gasteiger partial charge in [0.2, 0.25) is 5.88 Å². The maximum atomic E-state index is 11.2. The van der Waals surface area contributed by atoms with Gasteiger partial charge in [0.1, 0.15) is 17.5 Å². The number of nitro groups is 1. The Balaban J connectivity index is 2.49. The van der Waals surface area contributed by atoms with Crippen LogP contribution in [0.5, 0.6) is 11.6 Å². The highest BCUT2D eigenvalue weighted by molar-refractivity contribution is 5.91. The van der Waals surface area contributed by atoms with Crippen molar-refractivity contribution in [1.29, 1.82) is 0 Å². The van der Waals surface area contributed by atoms with Crippen LogP contribution in [0.15, 0.2) is 12.3 Å². The number of carbonyl (C=O) groups is 1. The lowest BCUT2D eigenvalue weighted by atomic mass is 10.2. The highest BCUT2D eigenvalue weighted by atomic mass is 16.6. The van der Waals surface area contributed by atoms with Crippen molar-refractivity contribution in [3.8, 4) is 11.6 Å². The molecule has 0 spiro atoms. The number of carboxylic acids is 1. The zero-order valence-corrected chi connectivity index (χ0v) is 11.5. The van der Waals surface area contributed by atoms with Crippen molar-refractivity contribution in [3.63, 3.8) is 0 Å². The second-order valence-electron chi connectivity index (χ2n) is 4.33. The van der Waals surface area contributed by atoms with Gasteiger partial charge in [-0.3, -0.25) is 14.8 Å². The summed E-state index contributed by atoms with van der Waals surface area (Å²) in [7, 11) is 1.72. The molecule has 0 atom stereocenters. The maximum Gasteiger partial charge on any atom is 0.341 e. The largest absolute Gasteiger partial charge is 0.477 e. The Labute approximate surface area is 118 Å². The SMILES string of the molecule is Cc1nn(C)c(C)c1Oc1ncc([N+](=O)[O-])cc1C(=O)O. The fourth-order valence-corrected chi connectivity index (χ4v) is 1.77. The number of aromatic carboxylic acids is 1. The molecule has 2 aromatic heterocycles. The molecule has 21 heavy (non-hydrogen) atoms. The molecular formula is C12H12N4O5. The molecule has 110 valence electrons. The molecular weight excluding hydrogens is 280 g/mol. The maximum absolute atomic E-state index is 11.2. The van der Waals surface area contributed by atoms with Crippen LogP contribution >= 0.6 is 0 Å². The summed E-state index contributed by atoms with van der Waals surface area (Å²) in [6.07, 6.45) is 0.947. The number of aromatic nitrogens is 3. The summed E-state index contributed by atoms with van der Waals surface area (Å²) in [5.41, 5.74) is 0.446. The van der Waals surface area contributed by atoms with E-state index in [2.05, 4.69) is 10.1 Å². The third-order valence-corrected chi connectivity index (χ3v) is 2.92. The zero-order valence-electron chi connectivity index (χ0n) is 11.5. The Morgan fingerprint density at radius 1 is 1.48 bits per heavy atom. The average molecular weight is 292 g/mol. The molecule has 9 nitrogen and oxygen atoms in total. The number of pyridine rings is 1. The highest BCUT2D eigenvalue weighted by Crippen LogP contribution is 2.30. The Bertz CT molecular complexity index is 737. The van der Waals surface area contributed by atoms with E-state index in [-0.39, 0.29) is 11.4 Å². The van der Waals surface area contributed by atoms with E-state index in [9.17, 15) is 14.9 Å². The van der Waals surface area contributed by atoms with E-state index in [0.717, 1.165) is 12.3 Å². The van der Waals surface area contributed by atoms with Crippen molar-refractivity contribution >= 4 is 11.7 Å². The normalized spacial score (nSPS) is 10.4. The molecule has 2 rings (SSSR count). The van der Waals surface area contributed by atoms with Crippen molar-refractivity contribution in [2.24, 2.45) is 7.05 Å². The molecule has 0 unspecified atom stereocenters. The van der Waals surface area contributed by atoms with E-state index in [1.807, 2.05) is 0 Å². The van der Waals surface area contributed by atoms with Crippen molar-refractivity contribution in [2.45, 2.75) is 13.8 Å². The van der Waals surface area contributed by atoms with Crippen molar-refractivity contribution < 1.29 is 19.6 Å². The topological polar surface area (TPSA) is 120 Å². The van der Waals surface area contributed by atoms with Gasteiger partial charge in [0, 0.05) is 13.1 Å². The third-order valence-electron chi connectivity index (χ3n) is 2.92. The second kappa shape index (κ2) is 5.19. The van der Waals surface area contributed by atoms with Gasteiger partial charge in [0.15, 0.2) is 5.75 Å². The van der Waals surface area contributed by atoms with Gasteiger partial charge in [-0.2, -0.15) is 5.10 Å². The Kier molecular flexibility index (Phi) is 3.57. The van der Waals surface area contributed by atoms with Gasteiger partial charge in [-0.15, -0.1) is 0 Å². The summed E-state index contributed by atoms with van der Waals surface area (Å²) in [4.78, 5) is 24.9. The highest BCUT2D eigenvalue weighted by Gasteiger charge is 2.21. The molecule has 0 amide bonds. The lowest BCUT2D eigenvalue weighted by Gasteiger charge is -2.07. The minimum absolute atomic E-state index is 0.215. The summed E-state index contributed by atoms with van der Waals surface area (Å²) in [5, 5.41) is 23.9. The van der Waals surface area contributed by atoms with Crippen LogP contribution in [0, 0.1) is 24.0 Å². The second-order valence-corrected chi connectivity index (χ2v) is 4.33.